The lowest BCUT2D eigenvalue weighted by atomic mass is 10.2. The van der Waals surface area contributed by atoms with Crippen LogP contribution in [0.1, 0.15) is 12.8 Å². The van der Waals surface area contributed by atoms with Crippen molar-refractivity contribution in [2.75, 3.05) is 18.9 Å². The van der Waals surface area contributed by atoms with Crippen LogP contribution in [0.4, 0.5) is 13.9 Å². The van der Waals surface area contributed by atoms with Gasteiger partial charge in [0.15, 0.2) is 5.13 Å². The Morgan fingerprint density at radius 2 is 1.67 bits per heavy atom. The number of halogens is 2. The first-order valence-electron chi connectivity index (χ1n) is 8.99. The van der Waals surface area contributed by atoms with Crippen LogP contribution in [-0.2, 0) is 14.8 Å². The third kappa shape index (κ3) is 5.47. The van der Waals surface area contributed by atoms with Gasteiger partial charge in [-0.3, -0.25) is 4.79 Å². The van der Waals surface area contributed by atoms with Crippen molar-refractivity contribution < 1.29 is 22.0 Å². The zero-order chi connectivity index (χ0) is 21.7. The molecular weight excluding hydrogens is 432 g/mol. The standard InChI is InChI=1S/C20H19F2N3O3S2/c1-25(30(27,28)17-10-8-16(22)9-11-17)12-2-3-19(26)24-20-23-18(13-29-20)14-4-6-15(21)7-5-14/h4-11,13H,2-3,12H2,1H3,(H,23,24,26). The lowest BCUT2D eigenvalue weighted by molar-refractivity contribution is -0.116. The minimum absolute atomic E-state index is 0.00744. The highest BCUT2D eigenvalue weighted by Crippen LogP contribution is 2.25. The number of benzene rings is 2. The summed E-state index contributed by atoms with van der Waals surface area (Å²) in [5, 5.41) is 4.84. The van der Waals surface area contributed by atoms with Gasteiger partial charge in [0.1, 0.15) is 11.6 Å². The van der Waals surface area contributed by atoms with Crippen LogP contribution in [0.3, 0.4) is 0 Å². The topological polar surface area (TPSA) is 79.4 Å². The van der Waals surface area contributed by atoms with Crippen molar-refractivity contribution in [1.82, 2.24) is 9.29 Å². The zero-order valence-electron chi connectivity index (χ0n) is 16.0. The number of rotatable bonds is 8. The second-order valence-corrected chi connectivity index (χ2v) is 9.38. The molecule has 0 fully saturated rings. The Morgan fingerprint density at radius 3 is 2.30 bits per heavy atom. The predicted molar refractivity (Wildman–Crippen MR) is 112 cm³/mol. The minimum Gasteiger partial charge on any atom is -0.302 e. The Kier molecular flexibility index (Phi) is 6.91. The minimum atomic E-state index is -3.74. The SMILES string of the molecule is CN(CCCC(=O)Nc1nc(-c2ccc(F)cc2)cs1)S(=O)(=O)c1ccc(F)cc1. The van der Waals surface area contributed by atoms with Crippen molar-refractivity contribution in [2.45, 2.75) is 17.7 Å². The maximum atomic E-state index is 13.0. The molecule has 0 saturated heterocycles. The Labute approximate surface area is 177 Å². The van der Waals surface area contributed by atoms with E-state index in [0.717, 1.165) is 22.0 Å². The number of anilines is 1. The monoisotopic (exact) mass is 451 g/mol. The highest BCUT2D eigenvalue weighted by Gasteiger charge is 2.20. The highest BCUT2D eigenvalue weighted by molar-refractivity contribution is 7.89. The molecule has 158 valence electrons. The Bertz CT molecular complexity index is 1110. The van der Waals surface area contributed by atoms with Gasteiger partial charge in [-0.2, -0.15) is 0 Å². The van der Waals surface area contributed by atoms with Gasteiger partial charge in [0.2, 0.25) is 15.9 Å². The average molecular weight is 452 g/mol. The van der Waals surface area contributed by atoms with Crippen molar-refractivity contribution in [2.24, 2.45) is 0 Å². The van der Waals surface area contributed by atoms with Crippen LogP contribution in [0.2, 0.25) is 0 Å². The molecule has 0 atom stereocenters. The molecule has 0 bridgehead atoms. The number of sulfonamides is 1. The second kappa shape index (κ2) is 9.41. The Balaban J connectivity index is 1.50. The van der Waals surface area contributed by atoms with E-state index in [0.29, 0.717) is 17.2 Å². The van der Waals surface area contributed by atoms with E-state index in [1.54, 1.807) is 17.5 Å². The summed E-state index contributed by atoms with van der Waals surface area (Å²) in [7, 11) is -2.34. The van der Waals surface area contributed by atoms with Gasteiger partial charge >= 0.3 is 0 Å². The summed E-state index contributed by atoms with van der Waals surface area (Å²) in [4.78, 5) is 16.4. The smallest absolute Gasteiger partial charge is 0.242 e. The third-order valence-electron chi connectivity index (χ3n) is 4.29. The number of carbonyl (C=O) groups excluding carboxylic acids is 1. The van der Waals surface area contributed by atoms with Gasteiger partial charge in [0.05, 0.1) is 10.6 Å². The maximum Gasteiger partial charge on any atom is 0.242 e. The van der Waals surface area contributed by atoms with Crippen molar-refractivity contribution in [3.63, 3.8) is 0 Å². The molecular formula is C20H19F2N3O3S2. The van der Waals surface area contributed by atoms with E-state index in [1.807, 2.05) is 0 Å². The van der Waals surface area contributed by atoms with E-state index in [9.17, 15) is 22.0 Å². The molecule has 0 aliphatic carbocycles. The summed E-state index contributed by atoms with van der Waals surface area (Å²) >= 11 is 1.25. The number of nitrogens with one attached hydrogen (secondary N) is 1. The van der Waals surface area contributed by atoms with E-state index < -0.39 is 15.8 Å². The molecule has 10 heteroatoms. The fourth-order valence-corrected chi connectivity index (χ4v) is 4.58. The summed E-state index contributed by atoms with van der Waals surface area (Å²) in [5.41, 5.74) is 1.36. The first-order valence-corrected chi connectivity index (χ1v) is 11.3. The zero-order valence-corrected chi connectivity index (χ0v) is 17.6. The van der Waals surface area contributed by atoms with Crippen LogP contribution < -0.4 is 5.32 Å². The Hall–Kier alpha value is -2.69. The van der Waals surface area contributed by atoms with E-state index in [2.05, 4.69) is 10.3 Å². The fraction of sp³-hybridized carbons (Fsp3) is 0.200. The van der Waals surface area contributed by atoms with Crippen molar-refractivity contribution in [3.8, 4) is 11.3 Å². The summed E-state index contributed by atoms with van der Waals surface area (Å²) in [6, 6.07) is 10.5. The van der Waals surface area contributed by atoms with Gasteiger partial charge in [0, 0.05) is 31.0 Å². The van der Waals surface area contributed by atoms with Crippen molar-refractivity contribution >= 4 is 32.4 Å². The molecule has 0 aliphatic heterocycles. The highest BCUT2D eigenvalue weighted by atomic mass is 32.2. The number of carbonyl (C=O) groups is 1. The molecule has 0 unspecified atom stereocenters. The summed E-state index contributed by atoms with van der Waals surface area (Å²) in [6.07, 6.45) is 0.410. The number of hydrogen-bond acceptors (Lipinski definition) is 5. The maximum absolute atomic E-state index is 13.0. The Morgan fingerprint density at radius 1 is 1.07 bits per heavy atom. The van der Waals surface area contributed by atoms with Crippen LogP contribution in [0.25, 0.3) is 11.3 Å². The van der Waals surface area contributed by atoms with E-state index in [-0.39, 0.29) is 29.6 Å². The normalized spacial score (nSPS) is 11.6. The number of hydrogen-bond donors (Lipinski definition) is 1. The largest absolute Gasteiger partial charge is 0.302 e. The fourth-order valence-electron chi connectivity index (χ4n) is 2.64. The van der Waals surface area contributed by atoms with Crippen LogP contribution in [0, 0.1) is 11.6 Å². The lowest BCUT2D eigenvalue weighted by Gasteiger charge is -2.16. The van der Waals surface area contributed by atoms with Crippen LogP contribution in [-0.4, -0.2) is 37.2 Å². The summed E-state index contributed by atoms with van der Waals surface area (Å²) < 4.78 is 52.0. The van der Waals surface area contributed by atoms with Crippen LogP contribution in [0.15, 0.2) is 58.8 Å². The molecule has 3 aromatic rings. The van der Waals surface area contributed by atoms with Crippen LogP contribution in [0.5, 0.6) is 0 Å². The van der Waals surface area contributed by atoms with Crippen molar-refractivity contribution in [3.05, 3.63) is 65.5 Å². The summed E-state index contributed by atoms with van der Waals surface area (Å²) in [6.45, 7) is 0.131. The molecule has 1 aromatic heterocycles. The number of thiazole rings is 1. The molecule has 30 heavy (non-hydrogen) atoms. The first kappa shape index (κ1) is 22.0. The molecule has 1 amide bonds. The van der Waals surface area contributed by atoms with E-state index >= 15 is 0 Å². The number of amides is 1. The lowest BCUT2D eigenvalue weighted by Crippen LogP contribution is -2.28. The van der Waals surface area contributed by atoms with Gasteiger partial charge in [-0.1, -0.05) is 0 Å². The van der Waals surface area contributed by atoms with Gasteiger partial charge < -0.3 is 5.32 Å². The van der Waals surface area contributed by atoms with Crippen molar-refractivity contribution in [1.29, 1.82) is 0 Å². The average Bonchev–Trinajstić information content (AvgIpc) is 3.17. The van der Waals surface area contributed by atoms with Gasteiger partial charge in [0.25, 0.3) is 0 Å². The first-order chi connectivity index (χ1) is 14.3. The molecule has 0 radical (unpaired) electrons. The van der Waals surface area contributed by atoms with Crippen LogP contribution >= 0.6 is 11.3 Å². The number of aromatic nitrogens is 1. The molecule has 0 spiro atoms. The molecule has 0 saturated carbocycles. The van der Waals surface area contributed by atoms with Gasteiger partial charge in [-0.05, 0) is 55.0 Å². The van der Waals surface area contributed by atoms with E-state index in [4.69, 9.17) is 0 Å². The second-order valence-electron chi connectivity index (χ2n) is 6.48. The third-order valence-corrected chi connectivity index (χ3v) is 6.92. The van der Waals surface area contributed by atoms with Gasteiger partial charge in [-0.15, -0.1) is 11.3 Å². The number of nitrogens with zero attached hydrogens (tertiary/aromatic N) is 2. The molecule has 1 heterocycles. The molecule has 6 nitrogen and oxygen atoms in total. The quantitative estimate of drug-likeness (QED) is 0.559. The summed E-state index contributed by atoms with van der Waals surface area (Å²) in [5.74, 6) is -1.14. The predicted octanol–water partition coefficient (Wildman–Crippen LogP) is 4.13. The van der Waals surface area contributed by atoms with Gasteiger partial charge in [-0.25, -0.2) is 26.5 Å². The molecule has 1 N–H and O–H groups in total. The molecule has 2 aromatic carbocycles. The van der Waals surface area contributed by atoms with E-state index in [1.165, 1.54) is 42.6 Å². The molecule has 0 aliphatic rings. The molecule has 3 rings (SSSR count).